The Morgan fingerprint density at radius 3 is 0.741 bits per heavy atom. The highest BCUT2D eigenvalue weighted by atomic mass is 16.5. The van der Waals surface area contributed by atoms with Gasteiger partial charge in [-0.15, -0.1) is 0 Å². The zero-order valence-corrected chi connectivity index (χ0v) is 33.2. The van der Waals surface area contributed by atoms with Crippen LogP contribution < -0.4 is 0 Å². The monoisotopic (exact) mass is 734 g/mol. The van der Waals surface area contributed by atoms with Gasteiger partial charge in [-0.1, -0.05) is 53.4 Å². The van der Waals surface area contributed by atoms with Crippen molar-refractivity contribution >= 4 is 67.0 Å². The lowest BCUT2D eigenvalue weighted by molar-refractivity contribution is 0.0553. The van der Waals surface area contributed by atoms with E-state index >= 15 is 0 Å². The van der Waals surface area contributed by atoms with Gasteiger partial charge in [-0.25, -0.2) is 19.2 Å². The number of carbonyl (C=O) groups is 4. The number of ether oxygens (including phenoxy) is 4. The Bertz CT molecular complexity index is 1930. The summed E-state index contributed by atoms with van der Waals surface area (Å²) >= 11 is 0. The molecule has 0 radical (unpaired) electrons. The van der Waals surface area contributed by atoms with Crippen LogP contribution in [0.2, 0.25) is 0 Å². The molecule has 0 aliphatic heterocycles. The molecule has 54 heavy (non-hydrogen) atoms. The predicted molar refractivity (Wildman–Crippen MR) is 216 cm³/mol. The zero-order chi connectivity index (χ0) is 39.1. The van der Waals surface area contributed by atoms with Crippen molar-refractivity contribution < 1.29 is 38.1 Å². The largest absolute Gasteiger partial charge is 0.465 e. The van der Waals surface area contributed by atoms with Gasteiger partial charge < -0.3 is 18.9 Å². The van der Waals surface area contributed by atoms with Gasteiger partial charge in [0.05, 0.1) is 50.7 Å². The predicted octanol–water partition coefficient (Wildman–Crippen LogP) is 10.8. The van der Waals surface area contributed by atoms with Gasteiger partial charge in [0, 0.05) is 0 Å². The molecule has 0 heterocycles. The summed E-state index contributed by atoms with van der Waals surface area (Å²) in [4.78, 5) is 54.2. The third-order valence-corrected chi connectivity index (χ3v) is 10.8. The van der Waals surface area contributed by atoms with Gasteiger partial charge in [-0.05, 0) is 153 Å². The third kappa shape index (κ3) is 7.53. The SMILES string of the molecule is CCCCc1c(C(=O)OC)c(C(=O)OC)c(CCCC)c2cc3cc4cc5c(CCCC)c(C(=O)OC)c(C(=O)OC)c(CCCC)c5cc4cc3cc12. The minimum absolute atomic E-state index is 0.291. The van der Waals surface area contributed by atoms with Crippen molar-refractivity contribution in [1.29, 1.82) is 0 Å². The van der Waals surface area contributed by atoms with Crippen molar-refractivity contribution in [2.24, 2.45) is 0 Å². The highest BCUT2D eigenvalue weighted by Gasteiger charge is 2.31. The van der Waals surface area contributed by atoms with Gasteiger partial charge in [0.25, 0.3) is 0 Å². The van der Waals surface area contributed by atoms with Crippen LogP contribution in [0.5, 0.6) is 0 Å². The first-order chi connectivity index (χ1) is 26.1. The lowest BCUT2D eigenvalue weighted by atomic mass is 9.82. The topological polar surface area (TPSA) is 105 Å². The van der Waals surface area contributed by atoms with E-state index in [4.69, 9.17) is 18.9 Å². The van der Waals surface area contributed by atoms with Crippen LogP contribution in [0.25, 0.3) is 43.1 Å². The summed E-state index contributed by atoms with van der Waals surface area (Å²) in [5, 5.41) is 7.64. The molecule has 5 aromatic carbocycles. The number of aryl methyl sites for hydroxylation is 4. The number of unbranched alkanes of at least 4 members (excludes halogenated alkanes) is 4. The zero-order valence-electron chi connectivity index (χ0n) is 33.2. The average molecular weight is 735 g/mol. The van der Waals surface area contributed by atoms with E-state index in [1.54, 1.807) is 0 Å². The van der Waals surface area contributed by atoms with Crippen LogP contribution in [-0.4, -0.2) is 52.3 Å². The average Bonchev–Trinajstić information content (AvgIpc) is 3.19. The van der Waals surface area contributed by atoms with E-state index in [1.807, 2.05) is 0 Å². The van der Waals surface area contributed by atoms with Gasteiger partial charge in [-0.3, -0.25) is 0 Å². The number of rotatable bonds is 16. The molecular formula is C46H54O8. The van der Waals surface area contributed by atoms with E-state index in [0.29, 0.717) is 47.9 Å². The maximum Gasteiger partial charge on any atom is 0.339 e. The Morgan fingerprint density at radius 1 is 0.370 bits per heavy atom. The van der Waals surface area contributed by atoms with Crippen molar-refractivity contribution in [2.45, 2.75) is 105 Å². The maximum atomic E-state index is 13.6. The first kappa shape index (κ1) is 40.2. The van der Waals surface area contributed by atoms with Gasteiger partial charge in [0.2, 0.25) is 0 Å². The molecule has 0 saturated heterocycles. The summed E-state index contributed by atoms with van der Waals surface area (Å²) in [6.07, 6.45) is 9.32. The second-order valence-corrected chi connectivity index (χ2v) is 14.1. The van der Waals surface area contributed by atoms with Crippen LogP contribution in [0.4, 0.5) is 0 Å². The number of fused-ring (bicyclic) bond motifs is 4. The van der Waals surface area contributed by atoms with E-state index in [9.17, 15) is 19.2 Å². The number of benzene rings is 5. The minimum atomic E-state index is -0.544. The van der Waals surface area contributed by atoms with Crippen molar-refractivity contribution in [1.82, 2.24) is 0 Å². The molecule has 0 N–H and O–H groups in total. The molecule has 5 rings (SSSR count). The molecule has 0 aliphatic rings. The molecule has 0 atom stereocenters. The Labute approximate surface area is 318 Å². The second kappa shape index (κ2) is 17.9. The van der Waals surface area contributed by atoms with Crippen LogP contribution in [-0.2, 0) is 44.6 Å². The summed E-state index contributed by atoms with van der Waals surface area (Å²) in [7, 11) is 5.40. The maximum absolute atomic E-state index is 13.6. The summed E-state index contributed by atoms with van der Waals surface area (Å²) in [6, 6.07) is 12.9. The van der Waals surface area contributed by atoms with Crippen LogP contribution in [0.1, 0.15) is 143 Å². The fourth-order valence-corrected chi connectivity index (χ4v) is 8.00. The molecule has 0 fully saturated rings. The summed E-state index contributed by atoms with van der Waals surface area (Å²) < 4.78 is 21.3. The molecule has 0 aliphatic carbocycles. The van der Waals surface area contributed by atoms with Crippen LogP contribution in [0, 0.1) is 0 Å². The van der Waals surface area contributed by atoms with E-state index in [1.165, 1.54) is 28.4 Å². The number of carbonyl (C=O) groups excluding carboxylic acids is 4. The van der Waals surface area contributed by atoms with Gasteiger partial charge in [0.1, 0.15) is 0 Å². The molecule has 0 bridgehead atoms. The molecule has 286 valence electrons. The van der Waals surface area contributed by atoms with Gasteiger partial charge >= 0.3 is 23.9 Å². The van der Waals surface area contributed by atoms with Gasteiger partial charge in [-0.2, -0.15) is 0 Å². The molecular weight excluding hydrogens is 680 g/mol. The highest BCUT2D eigenvalue weighted by Crippen LogP contribution is 2.41. The number of hydrogen-bond donors (Lipinski definition) is 0. The van der Waals surface area contributed by atoms with Crippen LogP contribution >= 0.6 is 0 Å². The molecule has 0 saturated carbocycles. The smallest absolute Gasteiger partial charge is 0.339 e. The van der Waals surface area contributed by atoms with Crippen molar-refractivity contribution in [3.8, 4) is 0 Å². The molecule has 0 unspecified atom stereocenters. The summed E-state index contributed by atoms with van der Waals surface area (Å²) in [5.74, 6) is -2.18. The van der Waals surface area contributed by atoms with E-state index in [-0.39, 0.29) is 0 Å². The van der Waals surface area contributed by atoms with Gasteiger partial charge in [0.15, 0.2) is 0 Å². The first-order valence-corrected chi connectivity index (χ1v) is 19.5. The molecule has 8 heteroatoms. The van der Waals surface area contributed by atoms with Crippen LogP contribution in [0.3, 0.4) is 0 Å². The first-order valence-electron chi connectivity index (χ1n) is 19.5. The number of methoxy groups -OCH3 is 4. The Kier molecular flexibility index (Phi) is 13.3. The number of esters is 4. The fourth-order valence-electron chi connectivity index (χ4n) is 8.00. The molecule has 0 spiro atoms. The van der Waals surface area contributed by atoms with E-state index < -0.39 is 23.9 Å². The Balaban J connectivity index is 1.98. The molecule has 5 aromatic rings. The second-order valence-electron chi connectivity index (χ2n) is 14.1. The quantitative estimate of drug-likeness (QED) is 0.0560. The highest BCUT2D eigenvalue weighted by molar-refractivity contribution is 6.17. The number of hydrogen-bond acceptors (Lipinski definition) is 8. The molecule has 0 aromatic heterocycles. The van der Waals surface area contributed by atoms with Crippen molar-refractivity contribution in [3.63, 3.8) is 0 Å². The van der Waals surface area contributed by atoms with Crippen molar-refractivity contribution in [2.75, 3.05) is 28.4 Å². The summed E-state index contributed by atoms with van der Waals surface area (Å²) in [6.45, 7) is 8.41. The summed E-state index contributed by atoms with van der Waals surface area (Å²) in [5.41, 5.74) is 4.33. The minimum Gasteiger partial charge on any atom is -0.465 e. The van der Waals surface area contributed by atoms with Crippen molar-refractivity contribution in [3.05, 3.63) is 80.9 Å². The van der Waals surface area contributed by atoms with Crippen LogP contribution in [0.15, 0.2) is 36.4 Å². The lowest BCUT2D eigenvalue weighted by Crippen LogP contribution is -2.18. The Morgan fingerprint density at radius 2 is 0.574 bits per heavy atom. The molecule has 8 nitrogen and oxygen atoms in total. The molecule has 0 amide bonds. The lowest BCUT2D eigenvalue weighted by Gasteiger charge is -2.22. The fraction of sp³-hybridized carbons (Fsp3) is 0.435. The third-order valence-electron chi connectivity index (χ3n) is 10.8. The normalized spacial score (nSPS) is 11.4. The Hall–Kier alpha value is -4.98. The van der Waals surface area contributed by atoms with E-state index in [0.717, 1.165) is 117 Å². The standard InChI is InChI=1S/C46H54O8/c1-9-13-17-31-35-23-27-21-29-25-37-33(19-15-11-3)41(45(49)53-7)42(46(50)54-8)34(20-16-12-4)38(37)26-30(29)22-28(27)24-36(35)32(18-14-10-2)40(44(48)52-6)39(31)43(47)51-5/h21-26H,9-20H2,1-8H3. The van der Waals surface area contributed by atoms with E-state index in [2.05, 4.69) is 64.1 Å².